The number of urea groups is 1. The second-order valence-corrected chi connectivity index (χ2v) is 6.04. The van der Waals surface area contributed by atoms with Crippen molar-refractivity contribution in [3.63, 3.8) is 0 Å². The molecule has 1 aromatic carbocycles. The van der Waals surface area contributed by atoms with Gasteiger partial charge in [-0.1, -0.05) is 25.8 Å². The molecule has 23 heavy (non-hydrogen) atoms. The molecule has 0 radical (unpaired) electrons. The minimum absolute atomic E-state index is 0.0908. The maximum atomic E-state index is 12.0. The summed E-state index contributed by atoms with van der Waals surface area (Å²) in [6.45, 7) is 2.43. The van der Waals surface area contributed by atoms with Crippen LogP contribution < -0.4 is 15.4 Å². The number of methoxy groups -OCH3 is 1. The minimum Gasteiger partial charge on any atom is -0.496 e. The third-order valence-electron chi connectivity index (χ3n) is 4.38. The summed E-state index contributed by atoms with van der Waals surface area (Å²) in [6, 6.07) is 4.87. The second kappa shape index (κ2) is 7.85. The standard InChI is InChI=1S/C17H24N2O4/c1-11-5-3-4-6-14(11)19-17(22)18-10-12-7-8-15(23-2)13(9-12)16(20)21/h7-9,11,14H,3-6,10H2,1-2H3,(H,20,21)(H2,18,19,22)/t11-,14-/m0/s1. The summed E-state index contributed by atoms with van der Waals surface area (Å²) in [6.07, 6.45) is 4.53. The Hall–Kier alpha value is -2.24. The Labute approximate surface area is 136 Å². The van der Waals surface area contributed by atoms with Crippen LogP contribution in [0.4, 0.5) is 4.79 Å². The fourth-order valence-corrected chi connectivity index (χ4v) is 2.96. The Bertz CT molecular complexity index is 574. The van der Waals surface area contributed by atoms with Crippen molar-refractivity contribution in [3.8, 4) is 5.75 Å². The molecule has 1 aliphatic carbocycles. The van der Waals surface area contributed by atoms with Crippen LogP contribution in [0.2, 0.25) is 0 Å². The molecule has 1 saturated carbocycles. The van der Waals surface area contributed by atoms with Gasteiger partial charge in [-0.15, -0.1) is 0 Å². The smallest absolute Gasteiger partial charge is 0.339 e. The molecule has 0 spiro atoms. The van der Waals surface area contributed by atoms with Crippen LogP contribution in [0.25, 0.3) is 0 Å². The van der Waals surface area contributed by atoms with Crippen molar-refractivity contribution in [2.45, 2.75) is 45.2 Å². The van der Waals surface area contributed by atoms with Crippen LogP contribution in [0.15, 0.2) is 18.2 Å². The molecule has 0 saturated heterocycles. The summed E-state index contributed by atoms with van der Waals surface area (Å²) in [4.78, 5) is 23.2. The number of carboxylic acid groups (broad SMARTS) is 1. The first-order valence-corrected chi connectivity index (χ1v) is 7.96. The average Bonchev–Trinajstić information content (AvgIpc) is 2.54. The number of carbonyl (C=O) groups excluding carboxylic acids is 1. The number of benzene rings is 1. The van der Waals surface area contributed by atoms with E-state index in [1.54, 1.807) is 12.1 Å². The fraction of sp³-hybridized carbons (Fsp3) is 0.529. The fourth-order valence-electron chi connectivity index (χ4n) is 2.96. The molecule has 2 atom stereocenters. The molecule has 2 rings (SSSR count). The number of rotatable bonds is 5. The molecule has 0 aromatic heterocycles. The molecule has 6 heteroatoms. The van der Waals surface area contributed by atoms with Gasteiger partial charge in [0, 0.05) is 12.6 Å². The quantitative estimate of drug-likeness (QED) is 0.778. The van der Waals surface area contributed by atoms with E-state index in [0.29, 0.717) is 11.7 Å². The van der Waals surface area contributed by atoms with Gasteiger partial charge in [0.15, 0.2) is 0 Å². The molecule has 0 unspecified atom stereocenters. The predicted octanol–water partition coefficient (Wildman–Crippen LogP) is 2.77. The van der Waals surface area contributed by atoms with Gasteiger partial charge < -0.3 is 20.5 Å². The number of amides is 2. The van der Waals surface area contributed by atoms with Gasteiger partial charge in [-0.05, 0) is 36.5 Å². The first kappa shape index (κ1) is 17.1. The lowest BCUT2D eigenvalue weighted by molar-refractivity contribution is 0.0693. The molecule has 1 aliphatic rings. The molecule has 126 valence electrons. The highest BCUT2D eigenvalue weighted by Crippen LogP contribution is 2.23. The van der Waals surface area contributed by atoms with Gasteiger partial charge in [0.2, 0.25) is 0 Å². The summed E-state index contributed by atoms with van der Waals surface area (Å²) >= 11 is 0. The van der Waals surface area contributed by atoms with Crippen molar-refractivity contribution in [3.05, 3.63) is 29.3 Å². The van der Waals surface area contributed by atoms with Gasteiger partial charge in [-0.3, -0.25) is 0 Å². The number of ether oxygens (including phenoxy) is 1. The molecular formula is C17H24N2O4. The monoisotopic (exact) mass is 320 g/mol. The maximum absolute atomic E-state index is 12.0. The number of carboxylic acids is 1. The molecular weight excluding hydrogens is 296 g/mol. The SMILES string of the molecule is COc1ccc(CNC(=O)N[C@H]2CCCC[C@@H]2C)cc1C(=O)O. The predicted molar refractivity (Wildman–Crippen MR) is 86.7 cm³/mol. The minimum atomic E-state index is -1.05. The number of aromatic carboxylic acids is 1. The van der Waals surface area contributed by atoms with Crippen LogP contribution in [0, 0.1) is 5.92 Å². The average molecular weight is 320 g/mol. The Kier molecular flexibility index (Phi) is 5.84. The third kappa shape index (κ3) is 4.61. The van der Waals surface area contributed by atoms with E-state index in [0.717, 1.165) is 24.8 Å². The highest BCUT2D eigenvalue weighted by molar-refractivity contribution is 5.91. The van der Waals surface area contributed by atoms with Crippen LogP contribution >= 0.6 is 0 Å². The van der Waals surface area contributed by atoms with Gasteiger partial charge in [-0.2, -0.15) is 0 Å². The second-order valence-electron chi connectivity index (χ2n) is 6.04. The first-order chi connectivity index (χ1) is 11.0. The van der Waals surface area contributed by atoms with Crippen molar-refractivity contribution < 1.29 is 19.4 Å². The van der Waals surface area contributed by atoms with Crippen molar-refractivity contribution >= 4 is 12.0 Å². The van der Waals surface area contributed by atoms with Gasteiger partial charge in [0.05, 0.1) is 7.11 Å². The summed E-state index contributed by atoms with van der Waals surface area (Å²) < 4.78 is 5.02. The van der Waals surface area contributed by atoms with E-state index in [-0.39, 0.29) is 24.2 Å². The zero-order valence-corrected chi connectivity index (χ0v) is 13.6. The zero-order valence-electron chi connectivity index (χ0n) is 13.6. The van der Waals surface area contributed by atoms with Crippen LogP contribution in [0.3, 0.4) is 0 Å². The number of hydrogen-bond donors (Lipinski definition) is 3. The molecule has 0 bridgehead atoms. The van der Waals surface area contributed by atoms with E-state index in [2.05, 4.69) is 17.6 Å². The van der Waals surface area contributed by atoms with Crippen LogP contribution in [-0.2, 0) is 6.54 Å². The van der Waals surface area contributed by atoms with Crippen molar-refractivity contribution in [2.75, 3.05) is 7.11 Å². The lowest BCUT2D eigenvalue weighted by atomic mass is 9.86. The number of carbonyl (C=O) groups is 2. The van der Waals surface area contributed by atoms with Crippen LogP contribution in [0.5, 0.6) is 5.75 Å². The van der Waals surface area contributed by atoms with E-state index >= 15 is 0 Å². The normalized spacial score (nSPS) is 20.6. The zero-order chi connectivity index (χ0) is 16.8. The van der Waals surface area contributed by atoms with Crippen molar-refractivity contribution in [1.29, 1.82) is 0 Å². The highest BCUT2D eigenvalue weighted by atomic mass is 16.5. The molecule has 6 nitrogen and oxygen atoms in total. The Morgan fingerprint density at radius 1 is 1.30 bits per heavy atom. The third-order valence-corrected chi connectivity index (χ3v) is 4.38. The number of nitrogens with one attached hydrogen (secondary N) is 2. The Balaban J connectivity index is 1.91. The summed E-state index contributed by atoms with van der Waals surface area (Å²) in [5.74, 6) is -0.250. The topological polar surface area (TPSA) is 87.7 Å². The van der Waals surface area contributed by atoms with Crippen LogP contribution in [0.1, 0.15) is 48.5 Å². The van der Waals surface area contributed by atoms with E-state index < -0.39 is 5.97 Å². The summed E-state index contributed by atoms with van der Waals surface area (Å²) in [5, 5.41) is 15.0. The largest absolute Gasteiger partial charge is 0.496 e. The molecule has 1 fully saturated rings. The summed E-state index contributed by atoms with van der Waals surface area (Å²) in [5.41, 5.74) is 0.808. The summed E-state index contributed by atoms with van der Waals surface area (Å²) in [7, 11) is 1.43. The number of hydrogen-bond acceptors (Lipinski definition) is 3. The lowest BCUT2D eigenvalue weighted by Crippen LogP contribution is -2.45. The van der Waals surface area contributed by atoms with Gasteiger partial charge in [0.25, 0.3) is 0 Å². The van der Waals surface area contributed by atoms with Crippen molar-refractivity contribution in [1.82, 2.24) is 10.6 Å². The molecule has 3 N–H and O–H groups in total. The Morgan fingerprint density at radius 3 is 2.70 bits per heavy atom. The van der Waals surface area contributed by atoms with Crippen molar-refractivity contribution in [2.24, 2.45) is 5.92 Å². The van der Waals surface area contributed by atoms with Crippen LogP contribution in [-0.4, -0.2) is 30.3 Å². The van der Waals surface area contributed by atoms with E-state index in [9.17, 15) is 9.59 Å². The molecule has 0 heterocycles. The maximum Gasteiger partial charge on any atom is 0.339 e. The van der Waals surface area contributed by atoms with E-state index in [4.69, 9.17) is 9.84 Å². The highest BCUT2D eigenvalue weighted by Gasteiger charge is 2.22. The first-order valence-electron chi connectivity index (χ1n) is 7.96. The lowest BCUT2D eigenvalue weighted by Gasteiger charge is -2.29. The van der Waals surface area contributed by atoms with Gasteiger partial charge in [-0.25, -0.2) is 9.59 Å². The molecule has 2 amide bonds. The molecule has 0 aliphatic heterocycles. The van der Waals surface area contributed by atoms with Gasteiger partial charge >= 0.3 is 12.0 Å². The molecule has 1 aromatic rings. The van der Waals surface area contributed by atoms with E-state index in [1.807, 2.05) is 0 Å². The Morgan fingerprint density at radius 2 is 2.04 bits per heavy atom. The van der Waals surface area contributed by atoms with Gasteiger partial charge in [0.1, 0.15) is 11.3 Å². The van der Waals surface area contributed by atoms with E-state index in [1.165, 1.54) is 19.6 Å².